The quantitative estimate of drug-likeness (QED) is 0.786. The fraction of sp³-hybridized carbons (Fsp3) is 0.444. The smallest absolute Gasteiger partial charge is 0.231 e. The molecule has 0 bridgehead atoms. The average molecular weight is 344 g/mol. The highest BCUT2D eigenvalue weighted by Gasteiger charge is 2.25. The van der Waals surface area contributed by atoms with E-state index in [1.54, 1.807) is 0 Å². The molecule has 0 radical (unpaired) electrons. The second kappa shape index (κ2) is 7.77. The summed E-state index contributed by atoms with van der Waals surface area (Å²) in [6, 6.07) is 9.87. The van der Waals surface area contributed by atoms with E-state index in [1.807, 2.05) is 42.3 Å². The minimum Gasteiger partial charge on any atom is -0.392 e. The molecule has 1 fully saturated rings. The van der Waals surface area contributed by atoms with E-state index in [1.165, 1.54) is 0 Å². The Balaban J connectivity index is 1.78. The number of nitrogens with zero attached hydrogens (tertiary/aromatic N) is 3. The van der Waals surface area contributed by atoms with Gasteiger partial charge in [-0.3, -0.25) is 9.69 Å². The molecule has 1 unspecified atom stereocenters. The van der Waals surface area contributed by atoms with Crippen LogP contribution in [0.4, 0.5) is 5.82 Å². The number of fused-ring (bicyclic) bond motifs is 1. The number of likely N-dealkylation sites (N-methyl/N-ethyl adjacent to an activating group) is 1. The van der Waals surface area contributed by atoms with Gasteiger partial charge in [0.1, 0.15) is 5.82 Å². The summed E-state index contributed by atoms with van der Waals surface area (Å²) in [6.07, 6.45) is -0.0436. The Morgan fingerprint density at radius 1 is 1.48 bits per heavy atom. The summed E-state index contributed by atoms with van der Waals surface area (Å²) in [5.41, 5.74) is 6.95. The van der Waals surface area contributed by atoms with Crippen molar-refractivity contribution in [3.63, 3.8) is 0 Å². The third-order valence-electron chi connectivity index (χ3n) is 4.33. The normalized spacial score (nSPS) is 18.0. The summed E-state index contributed by atoms with van der Waals surface area (Å²) in [6.45, 7) is 2.71. The van der Waals surface area contributed by atoms with Crippen LogP contribution in [0.3, 0.4) is 0 Å². The number of aliphatic hydroxyl groups is 1. The van der Waals surface area contributed by atoms with Crippen LogP contribution in [0.15, 0.2) is 30.3 Å². The molecule has 7 nitrogen and oxygen atoms in total. The van der Waals surface area contributed by atoms with Gasteiger partial charge >= 0.3 is 0 Å². The van der Waals surface area contributed by atoms with Crippen molar-refractivity contribution in [2.45, 2.75) is 12.7 Å². The number of ether oxygens (including phenoxy) is 1. The lowest BCUT2D eigenvalue weighted by Crippen LogP contribution is -2.48. The molecule has 1 amide bonds. The molecular formula is C18H24N4O3. The van der Waals surface area contributed by atoms with Crippen LogP contribution in [0.5, 0.6) is 0 Å². The van der Waals surface area contributed by atoms with Crippen molar-refractivity contribution in [3.05, 3.63) is 35.9 Å². The highest BCUT2D eigenvalue weighted by molar-refractivity contribution is 5.81. The number of hydrogen-bond acceptors (Lipinski definition) is 6. The molecule has 3 rings (SSSR count). The molecule has 1 aliphatic heterocycles. The maximum atomic E-state index is 11.0. The number of morpholine rings is 1. The molecule has 2 heterocycles. The van der Waals surface area contributed by atoms with E-state index in [4.69, 9.17) is 15.5 Å². The van der Waals surface area contributed by atoms with Crippen molar-refractivity contribution in [3.8, 4) is 0 Å². The van der Waals surface area contributed by atoms with Crippen molar-refractivity contribution < 1.29 is 14.6 Å². The molecule has 1 saturated heterocycles. The van der Waals surface area contributed by atoms with Crippen LogP contribution in [-0.4, -0.2) is 66.8 Å². The second-order valence-corrected chi connectivity index (χ2v) is 6.42. The summed E-state index contributed by atoms with van der Waals surface area (Å²) in [5, 5.41) is 10.8. The first kappa shape index (κ1) is 17.6. The Bertz CT molecular complexity index is 752. The van der Waals surface area contributed by atoms with Gasteiger partial charge in [0.05, 0.1) is 31.4 Å². The summed E-state index contributed by atoms with van der Waals surface area (Å²) in [7, 11) is 1.85. The predicted molar refractivity (Wildman–Crippen MR) is 96.3 cm³/mol. The lowest BCUT2D eigenvalue weighted by Gasteiger charge is -2.36. The zero-order valence-corrected chi connectivity index (χ0v) is 14.4. The Labute approximate surface area is 147 Å². The lowest BCUT2D eigenvalue weighted by atomic mass is 10.1. The van der Waals surface area contributed by atoms with Gasteiger partial charge in [-0.15, -0.1) is 0 Å². The fourth-order valence-electron chi connectivity index (χ4n) is 3.24. The van der Waals surface area contributed by atoms with Gasteiger partial charge < -0.3 is 20.5 Å². The minimum atomic E-state index is -0.353. The highest BCUT2D eigenvalue weighted by atomic mass is 16.5. The maximum absolute atomic E-state index is 11.0. The summed E-state index contributed by atoms with van der Waals surface area (Å²) in [4.78, 5) is 19.8. The number of pyridine rings is 1. The van der Waals surface area contributed by atoms with Gasteiger partial charge in [0.2, 0.25) is 5.91 Å². The number of carbonyl (C=O) groups is 1. The van der Waals surface area contributed by atoms with Crippen LogP contribution in [-0.2, 0) is 16.1 Å². The minimum absolute atomic E-state index is 0.0436. The molecule has 0 aliphatic carbocycles. The van der Waals surface area contributed by atoms with Gasteiger partial charge in [-0.2, -0.15) is 0 Å². The molecule has 3 N–H and O–H groups in total. The first-order valence-corrected chi connectivity index (χ1v) is 8.39. The van der Waals surface area contributed by atoms with Gasteiger partial charge in [-0.25, -0.2) is 4.98 Å². The number of para-hydroxylation sites is 1. The second-order valence-electron chi connectivity index (χ2n) is 6.42. The van der Waals surface area contributed by atoms with Crippen LogP contribution >= 0.6 is 0 Å². The van der Waals surface area contributed by atoms with Crippen LogP contribution in [0, 0.1) is 0 Å². The standard InChI is InChI=1S/C18H24N4O3/c1-21(11-17(19)24)9-15-10-22(6-7-25-15)18-14(12-23)8-13-4-2-3-5-16(13)20-18/h2-5,8,15,23H,6-7,9-12H2,1H3,(H2,19,24). The van der Waals surface area contributed by atoms with Gasteiger partial charge in [0.25, 0.3) is 0 Å². The van der Waals surface area contributed by atoms with E-state index in [0.717, 1.165) is 22.3 Å². The van der Waals surface area contributed by atoms with Crippen LogP contribution < -0.4 is 10.6 Å². The number of amides is 1. The molecule has 2 aromatic rings. The third kappa shape index (κ3) is 4.25. The Hall–Kier alpha value is -2.22. The SMILES string of the molecule is CN(CC(N)=O)CC1CN(c2nc3ccccc3cc2CO)CCO1. The largest absolute Gasteiger partial charge is 0.392 e. The van der Waals surface area contributed by atoms with E-state index < -0.39 is 0 Å². The molecule has 1 atom stereocenters. The summed E-state index contributed by atoms with van der Waals surface area (Å²) in [5.74, 6) is 0.445. The monoisotopic (exact) mass is 344 g/mol. The van der Waals surface area contributed by atoms with Crippen LogP contribution in [0.2, 0.25) is 0 Å². The topological polar surface area (TPSA) is 91.9 Å². The van der Waals surface area contributed by atoms with Crippen molar-refractivity contribution in [2.75, 3.05) is 44.7 Å². The van der Waals surface area contributed by atoms with Crippen molar-refractivity contribution in [1.82, 2.24) is 9.88 Å². The van der Waals surface area contributed by atoms with Gasteiger partial charge in [-0.05, 0) is 19.2 Å². The predicted octanol–water partition coefficient (Wildman–Crippen LogP) is 0.349. The average Bonchev–Trinajstić information content (AvgIpc) is 2.60. The fourth-order valence-corrected chi connectivity index (χ4v) is 3.24. The molecular weight excluding hydrogens is 320 g/mol. The number of carbonyl (C=O) groups excluding carboxylic acids is 1. The summed E-state index contributed by atoms with van der Waals surface area (Å²) >= 11 is 0. The zero-order chi connectivity index (χ0) is 17.8. The molecule has 0 saturated carbocycles. The molecule has 1 aromatic carbocycles. The zero-order valence-electron chi connectivity index (χ0n) is 14.4. The first-order valence-electron chi connectivity index (χ1n) is 8.39. The number of nitrogens with two attached hydrogens (primary N) is 1. The van der Waals surface area contributed by atoms with Crippen LogP contribution in [0.25, 0.3) is 10.9 Å². The number of primary amides is 1. The van der Waals surface area contributed by atoms with E-state index in [9.17, 15) is 9.90 Å². The van der Waals surface area contributed by atoms with Gasteiger partial charge in [0, 0.05) is 30.6 Å². The van der Waals surface area contributed by atoms with Crippen molar-refractivity contribution in [2.24, 2.45) is 5.73 Å². The molecule has 7 heteroatoms. The molecule has 1 aliphatic rings. The van der Waals surface area contributed by atoms with Crippen LogP contribution in [0.1, 0.15) is 5.56 Å². The van der Waals surface area contributed by atoms with Crippen molar-refractivity contribution in [1.29, 1.82) is 0 Å². The summed E-state index contributed by atoms with van der Waals surface area (Å²) < 4.78 is 5.82. The Morgan fingerprint density at radius 3 is 3.04 bits per heavy atom. The first-order chi connectivity index (χ1) is 12.1. The highest BCUT2D eigenvalue weighted by Crippen LogP contribution is 2.25. The molecule has 0 spiro atoms. The maximum Gasteiger partial charge on any atom is 0.231 e. The third-order valence-corrected chi connectivity index (χ3v) is 4.33. The number of benzene rings is 1. The number of aliphatic hydroxyl groups excluding tert-OH is 1. The number of aromatic nitrogens is 1. The lowest BCUT2D eigenvalue weighted by molar-refractivity contribution is -0.119. The number of rotatable bonds is 6. The van der Waals surface area contributed by atoms with Crippen molar-refractivity contribution >= 4 is 22.6 Å². The van der Waals surface area contributed by atoms with Gasteiger partial charge in [-0.1, -0.05) is 18.2 Å². The van der Waals surface area contributed by atoms with E-state index in [2.05, 4.69) is 4.90 Å². The Morgan fingerprint density at radius 2 is 2.28 bits per heavy atom. The van der Waals surface area contributed by atoms with Gasteiger partial charge in [0.15, 0.2) is 0 Å². The number of anilines is 1. The molecule has 1 aromatic heterocycles. The van der Waals surface area contributed by atoms with E-state index in [0.29, 0.717) is 26.2 Å². The molecule has 134 valence electrons. The van der Waals surface area contributed by atoms with E-state index in [-0.39, 0.29) is 25.2 Å². The Kier molecular flexibility index (Phi) is 5.47. The number of hydrogen-bond donors (Lipinski definition) is 2. The molecule has 25 heavy (non-hydrogen) atoms. The van der Waals surface area contributed by atoms with E-state index >= 15 is 0 Å².